The molecule has 0 atom stereocenters. The third kappa shape index (κ3) is 9.89. The highest BCUT2D eigenvalue weighted by molar-refractivity contribution is 8.03. The Kier molecular flexibility index (Phi) is 12.2. The highest BCUT2D eigenvalue weighted by Crippen LogP contribution is 2.35. The highest BCUT2D eigenvalue weighted by Gasteiger charge is 2.34. The van der Waals surface area contributed by atoms with Gasteiger partial charge in [-0.2, -0.15) is 5.26 Å². The number of halogens is 3. The SMILES string of the molecule is CC(C)N1CCN(c2ccc3cc(/C(OC(F)(F)F)=C(\C#N)SCCCOCCOCCO)ccc3c2)CC1. The normalized spacial score (nSPS) is 15.5. The standard InChI is InChI=1S/C28H36F3N3O4S/c1-21(2)33-8-10-34(11-9-33)25-7-6-22-18-24(5-4-23(22)19-25)27(38-28(29,30)31)26(20-32)39-17-3-13-36-15-16-37-14-12-35/h4-7,18-19,21,35H,3,8-17H2,1-2H3/b27-26-. The summed E-state index contributed by atoms with van der Waals surface area (Å²) in [5, 5.41) is 20.0. The summed E-state index contributed by atoms with van der Waals surface area (Å²) < 4.78 is 54.8. The number of anilines is 1. The molecule has 0 amide bonds. The number of nitrogens with zero attached hydrogens (tertiary/aromatic N) is 3. The number of rotatable bonds is 14. The molecule has 0 aromatic heterocycles. The summed E-state index contributed by atoms with van der Waals surface area (Å²) in [6.45, 7) is 9.43. The number of aliphatic hydroxyl groups is 1. The molecule has 0 bridgehead atoms. The Morgan fingerprint density at radius 3 is 2.31 bits per heavy atom. The van der Waals surface area contributed by atoms with Crippen molar-refractivity contribution >= 4 is 34.0 Å². The molecule has 0 radical (unpaired) electrons. The predicted octanol–water partition coefficient (Wildman–Crippen LogP) is 5.25. The van der Waals surface area contributed by atoms with E-state index in [0.717, 1.165) is 54.4 Å². The quantitative estimate of drug-likeness (QED) is 0.189. The van der Waals surface area contributed by atoms with E-state index in [1.807, 2.05) is 24.3 Å². The lowest BCUT2D eigenvalue weighted by molar-refractivity contribution is -0.290. The number of hydrogen-bond acceptors (Lipinski definition) is 8. The van der Waals surface area contributed by atoms with Gasteiger partial charge in [-0.1, -0.05) is 18.2 Å². The van der Waals surface area contributed by atoms with E-state index >= 15 is 0 Å². The molecule has 39 heavy (non-hydrogen) atoms. The molecule has 214 valence electrons. The number of alkyl halides is 3. The molecular weight excluding hydrogens is 531 g/mol. The van der Waals surface area contributed by atoms with Gasteiger partial charge in [0.05, 0.1) is 26.4 Å². The van der Waals surface area contributed by atoms with E-state index in [0.29, 0.717) is 38.0 Å². The van der Waals surface area contributed by atoms with Gasteiger partial charge in [0.25, 0.3) is 0 Å². The van der Waals surface area contributed by atoms with Gasteiger partial charge in [0.15, 0.2) is 5.76 Å². The fraction of sp³-hybridized carbons (Fsp3) is 0.536. The summed E-state index contributed by atoms with van der Waals surface area (Å²) >= 11 is 1.00. The second-order valence-electron chi connectivity index (χ2n) is 9.33. The van der Waals surface area contributed by atoms with Crippen LogP contribution in [0.5, 0.6) is 0 Å². The Balaban J connectivity index is 1.70. The van der Waals surface area contributed by atoms with E-state index < -0.39 is 12.1 Å². The minimum Gasteiger partial charge on any atom is -0.403 e. The minimum atomic E-state index is -4.94. The number of thioether (sulfide) groups is 1. The second kappa shape index (κ2) is 15.3. The van der Waals surface area contributed by atoms with Crippen molar-refractivity contribution in [3.05, 3.63) is 46.9 Å². The first-order valence-electron chi connectivity index (χ1n) is 13.0. The van der Waals surface area contributed by atoms with Gasteiger partial charge in [-0.3, -0.25) is 4.90 Å². The van der Waals surface area contributed by atoms with Crippen molar-refractivity contribution in [1.82, 2.24) is 4.90 Å². The zero-order chi connectivity index (χ0) is 28.3. The van der Waals surface area contributed by atoms with Crippen LogP contribution in [0.3, 0.4) is 0 Å². The molecular formula is C28H36F3N3O4S. The number of allylic oxidation sites excluding steroid dienone is 1. The number of benzene rings is 2. The molecule has 0 spiro atoms. The molecule has 7 nitrogen and oxygen atoms in total. The lowest BCUT2D eigenvalue weighted by Gasteiger charge is -2.38. The van der Waals surface area contributed by atoms with E-state index in [9.17, 15) is 18.4 Å². The third-order valence-corrected chi connectivity index (χ3v) is 7.37. The first-order chi connectivity index (χ1) is 18.7. The maximum Gasteiger partial charge on any atom is 0.573 e. The van der Waals surface area contributed by atoms with Crippen molar-refractivity contribution in [2.75, 3.05) is 69.9 Å². The fourth-order valence-electron chi connectivity index (χ4n) is 4.29. The number of fused-ring (bicyclic) bond motifs is 1. The summed E-state index contributed by atoms with van der Waals surface area (Å²) in [7, 11) is 0. The Morgan fingerprint density at radius 1 is 1.00 bits per heavy atom. The molecule has 11 heteroatoms. The van der Waals surface area contributed by atoms with Gasteiger partial charge in [-0.15, -0.1) is 24.9 Å². The van der Waals surface area contributed by atoms with Crippen LogP contribution in [0.1, 0.15) is 25.8 Å². The molecule has 3 rings (SSSR count). The van der Waals surface area contributed by atoms with Crippen LogP contribution in [-0.2, 0) is 14.2 Å². The van der Waals surface area contributed by atoms with Crippen LogP contribution in [0.15, 0.2) is 41.3 Å². The fourth-order valence-corrected chi connectivity index (χ4v) is 5.11. The zero-order valence-corrected chi connectivity index (χ0v) is 23.2. The van der Waals surface area contributed by atoms with E-state index in [2.05, 4.69) is 28.4 Å². The van der Waals surface area contributed by atoms with E-state index in [4.69, 9.17) is 14.6 Å². The van der Waals surface area contributed by atoms with Crippen molar-refractivity contribution in [3.63, 3.8) is 0 Å². The van der Waals surface area contributed by atoms with Gasteiger partial charge in [0.2, 0.25) is 0 Å². The molecule has 1 N–H and O–H groups in total. The van der Waals surface area contributed by atoms with Crippen molar-refractivity contribution in [2.24, 2.45) is 0 Å². The number of aliphatic hydroxyl groups excluding tert-OH is 1. The highest BCUT2D eigenvalue weighted by atomic mass is 32.2. The molecule has 0 saturated carbocycles. The van der Waals surface area contributed by atoms with Crippen molar-refractivity contribution in [3.8, 4) is 6.07 Å². The van der Waals surface area contributed by atoms with Crippen molar-refractivity contribution in [2.45, 2.75) is 32.7 Å². The Bertz CT molecular complexity index is 1130. The average molecular weight is 568 g/mol. The molecule has 1 aliphatic heterocycles. The van der Waals surface area contributed by atoms with Crippen LogP contribution in [0.4, 0.5) is 18.9 Å². The molecule has 0 aliphatic carbocycles. The van der Waals surface area contributed by atoms with Crippen LogP contribution in [-0.4, -0.2) is 87.4 Å². The number of hydrogen-bond donors (Lipinski definition) is 1. The van der Waals surface area contributed by atoms with Gasteiger partial charge in [0, 0.05) is 55.8 Å². The third-order valence-electron chi connectivity index (χ3n) is 6.31. The van der Waals surface area contributed by atoms with Crippen molar-refractivity contribution < 1.29 is 32.5 Å². The zero-order valence-electron chi connectivity index (χ0n) is 22.4. The van der Waals surface area contributed by atoms with E-state index in [1.165, 1.54) is 0 Å². The molecule has 1 saturated heterocycles. The van der Waals surface area contributed by atoms with Crippen LogP contribution >= 0.6 is 11.8 Å². The van der Waals surface area contributed by atoms with Gasteiger partial charge < -0.3 is 24.2 Å². The van der Waals surface area contributed by atoms with Gasteiger partial charge in [-0.05, 0) is 49.2 Å². The van der Waals surface area contributed by atoms with E-state index in [1.54, 1.807) is 18.2 Å². The molecule has 1 fully saturated rings. The van der Waals surface area contributed by atoms with Gasteiger partial charge >= 0.3 is 6.36 Å². The van der Waals surface area contributed by atoms with E-state index in [-0.39, 0.29) is 23.7 Å². The smallest absolute Gasteiger partial charge is 0.403 e. The van der Waals surface area contributed by atoms with Crippen LogP contribution in [0.25, 0.3) is 16.5 Å². The first-order valence-corrected chi connectivity index (χ1v) is 14.0. The molecule has 2 aromatic rings. The number of nitriles is 1. The summed E-state index contributed by atoms with van der Waals surface area (Å²) in [4.78, 5) is 4.62. The second-order valence-corrected chi connectivity index (χ2v) is 10.4. The minimum absolute atomic E-state index is 0.0589. The summed E-state index contributed by atoms with van der Waals surface area (Å²) in [6.07, 6.45) is -4.41. The maximum atomic E-state index is 13.3. The molecule has 1 aliphatic rings. The van der Waals surface area contributed by atoms with Crippen LogP contribution in [0, 0.1) is 11.3 Å². The van der Waals surface area contributed by atoms with Gasteiger partial charge in [0.1, 0.15) is 11.0 Å². The van der Waals surface area contributed by atoms with Crippen LogP contribution in [0.2, 0.25) is 0 Å². The van der Waals surface area contributed by atoms with Crippen LogP contribution < -0.4 is 4.90 Å². The molecule has 0 unspecified atom stereocenters. The number of piperazine rings is 1. The lowest BCUT2D eigenvalue weighted by atomic mass is 10.0. The Hall–Kier alpha value is -2.49. The first kappa shape index (κ1) is 31.0. The monoisotopic (exact) mass is 567 g/mol. The molecule has 2 aromatic carbocycles. The van der Waals surface area contributed by atoms with Gasteiger partial charge in [-0.25, -0.2) is 0 Å². The number of ether oxygens (including phenoxy) is 3. The Labute approximate surface area is 232 Å². The summed E-state index contributed by atoms with van der Waals surface area (Å²) in [5.41, 5.74) is 1.27. The largest absolute Gasteiger partial charge is 0.573 e. The maximum absolute atomic E-state index is 13.3. The topological polar surface area (TPSA) is 78.2 Å². The lowest BCUT2D eigenvalue weighted by Crippen LogP contribution is -2.48. The summed E-state index contributed by atoms with van der Waals surface area (Å²) in [5.74, 6) is -0.115. The Morgan fingerprint density at radius 2 is 1.67 bits per heavy atom. The molecule has 1 heterocycles. The predicted molar refractivity (Wildman–Crippen MR) is 148 cm³/mol. The average Bonchev–Trinajstić information content (AvgIpc) is 2.92. The van der Waals surface area contributed by atoms with Crippen molar-refractivity contribution in [1.29, 1.82) is 5.26 Å². The summed E-state index contributed by atoms with van der Waals surface area (Å²) in [6, 6.07) is 13.3.